The minimum absolute atomic E-state index is 0.235. The van der Waals surface area contributed by atoms with Crippen molar-refractivity contribution in [2.24, 2.45) is 0 Å². The van der Waals surface area contributed by atoms with E-state index in [1.807, 2.05) is 18.2 Å². The third-order valence-electron chi connectivity index (χ3n) is 2.97. The SMILES string of the molecule is CC(C)(C)OC(=O)Nc1ccc(-c2cccc(C(=O)O)c2)cc1. The van der Waals surface area contributed by atoms with Crippen LogP contribution in [0, 0.1) is 0 Å². The molecule has 0 aliphatic carbocycles. The largest absolute Gasteiger partial charge is 0.478 e. The van der Waals surface area contributed by atoms with Crippen LogP contribution in [0.25, 0.3) is 11.1 Å². The molecule has 0 radical (unpaired) electrons. The van der Waals surface area contributed by atoms with E-state index in [9.17, 15) is 9.59 Å². The molecular weight excluding hydrogens is 294 g/mol. The zero-order valence-corrected chi connectivity index (χ0v) is 13.3. The summed E-state index contributed by atoms with van der Waals surface area (Å²) >= 11 is 0. The van der Waals surface area contributed by atoms with Crippen LogP contribution < -0.4 is 5.32 Å². The van der Waals surface area contributed by atoms with Crippen molar-refractivity contribution in [1.29, 1.82) is 0 Å². The highest BCUT2D eigenvalue weighted by Crippen LogP contribution is 2.23. The number of benzene rings is 2. The number of hydrogen-bond donors (Lipinski definition) is 2. The average Bonchev–Trinajstić information content (AvgIpc) is 2.46. The fourth-order valence-electron chi connectivity index (χ4n) is 2.00. The number of rotatable bonds is 3. The Hall–Kier alpha value is -2.82. The van der Waals surface area contributed by atoms with E-state index in [0.717, 1.165) is 11.1 Å². The van der Waals surface area contributed by atoms with Gasteiger partial charge in [0.05, 0.1) is 5.56 Å². The number of carboxylic acid groups (broad SMARTS) is 1. The molecule has 0 unspecified atom stereocenters. The number of hydrogen-bond acceptors (Lipinski definition) is 3. The van der Waals surface area contributed by atoms with Gasteiger partial charge < -0.3 is 9.84 Å². The molecule has 0 heterocycles. The normalized spacial score (nSPS) is 10.9. The molecule has 0 aromatic heterocycles. The molecular formula is C18H19NO4. The van der Waals surface area contributed by atoms with Crippen LogP contribution in [-0.4, -0.2) is 22.8 Å². The maximum Gasteiger partial charge on any atom is 0.412 e. The Kier molecular flexibility index (Phi) is 4.69. The van der Waals surface area contributed by atoms with Crippen LogP contribution in [0.4, 0.5) is 10.5 Å². The molecule has 0 atom stereocenters. The van der Waals surface area contributed by atoms with E-state index in [0.29, 0.717) is 5.69 Å². The number of carboxylic acids is 1. The maximum absolute atomic E-state index is 11.7. The van der Waals surface area contributed by atoms with Gasteiger partial charge in [-0.3, -0.25) is 5.32 Å². The third-order valence-corrected chi connectivity index (χ3v) is 2.97. The van der Waals surface area contributed by atoms with Crippen LogP contribution in [0.3, 0.4) is 0 Å². The van der Waals surface area contributed by atoms with E-state index in [1.165, 1.54) is 0 Å². The van der Waals surface area contributed by atoms with E-state index in [2.05, 4.69) is 5.32 Å². The van der Waals surface area contributed by atoms with Crippen LogP contribution in [0.15, 0.2) is 48.5 Å². The summed E-state index contributed by atoms with van der Waals surface area (Å²) in [7, 11) is 0. The smallest absolute Gasteiger partial charge is 0.412 e. The second-order valence-electron chi connectivity index (χ2n) is 6.09. The number of carbonyl (C=O) groups is 2. The number of nitrogens with one attached hydrogen (secondary N) is 1. The molecule has 0 aliphatic rings. The van der Waals surface area contributed by atoms with Crippen molar-refractivity contribution >= 4 is 17.7 Å². The van der Waals surface area contributed by atoms with Gasteiger partial charge in [-0.05, 0) is 56.2 Å². The molecule has 1 amide bonds. The summed E-state index contributed by atoms with van der Waals surface area (Å²) in [5.74, 6) is -0.963. The lowest BCUT2D eigenvalue weighted by Gasteiger charge is -2.19. The number of ether oxygens (including phenoxy) is 1. The molecule has 5 heteroatoms. The maximum atomic E-state index is 11.7. The van der Waals surface area contributed by atoms with Gasteiger partial charge in [0, 0.05) is 5.69 Å². The second-order valence-corrected chi connectivity index (χ2v) is 6.09. The van der Waals surface area contributed by atoms with Crippen molar-refractivity contribution in [3.05, 3.63) is 54.1 Å². The molecule has 2 aromatic rings. The summed E-state index contributed by atoms with van der Waals surface area (Å²) in [6.45, 7) is 5.39. The number of aromatic carboxylic acids is 1. The molecule has 5 nitrogen and oxygen atoms in total. The Bertz CT molecular complexity index is 715. The van der Waals surface area contributed by atoms with E-state index >= 15 is 0 Å². The van der Waals surface area contributed by atoms with Crippen molar-refractivity contribution in [3.63, 3.8) is 0 Å². The average molecular weight is 313 g/mol. The number of anilines is 1. The van der Waals surface area contributed by atoms with Crippen LogP contribution >= 0.6 is 0 Å². The summed E-state index contributed by atoms with van der Waals surface area (Å²) in [6.07, 6.45) is -0.516. The minimum atomic E-state index is -0.963. The van der Waals surface area contributed by atoms with Gasteiger partial charge in [-0.15, -0.1) is 0 Å². The predicted octanol–water partition coefficient (Wildman–Crippen LogP) is 4.40. The first-order valence-corrected chi connectivity index (χ1v) is 7.18. The molecule has 23 heavy (non-hydrogen) atoms. The van der Waals surface area contributed by atoms with E-state index in [1.54, 1.807) is 51.1 Å². The molecule has 2 rings (SSSR count). The molecule has 2 aromatic carbocycles. The van der Waals surface area contributed by atoms with Gasteiger partial charge >= 0.3 is 12.1 Å². The van der Waals surface area contributed by atoms with Crippen LogP contribution in [-0.2, 0) is 4.74 Å². The quantitative estimate of drug-likeness (QED) is 0.880. The Morgan fingerprint density at radius 2 is 1.65 bits per heavy atom. The van der Waals surface area contributed by atoms with Crippen molar-refractivity contribution < 1.29 is 19.4 Å². The highest BCUT2D eigenvalue weighted by atomic mass is 16.6. The molecule has 0 bridgehead atoms. The molecule has 0 aliphatic heterocycles. The van der Waals surface area contributed by atoms with Crippen LogP contribution in [0.1, 0.15) is 31.1 Å². The topological polar surface area (TPSA) is 75.6 Å². The minimum Gasteiger partial charge on any atom is -0.478 e. The summed E-state index contributed by atoms with van der Waals surface area (Å²) in [5.41, 5.74) is 1.95. The number of carbonyl (C=O) groups excluding carboxylic acids is 1. The lowest BCUT2D eigenvalue weighted by Crippen LogP contribution is -2.27. The first-order valence-electron chi connectivity index (χ1n) is 7.18. The van der Waals surface area contributed by atoms with Gasteiger partial charge in [0.1, 0.15) is 5.60 Å². The summed E-state index contributed by atoms with van der Waals surface area (Å²) < 4.78 is 5.18. The standard InChI is InChI=1S/C18H19NO4/c1-18(2,3)23-17(22)19-15-9-7-12(8-10-15)13-5-4-6-14(11-13)16(20)21/h4-11H,1-3H3,(H,19,22)(H,20,21). The molecule has 0 saturated carbocycles. The lowest BCUT2D eigenvalue weighted by molar-refractivity contribution is 0.0634. The lowest BCUT2D eigenvalue weighted by atomic mass is 10.0. The molecule has 120 valence electrons. The van der Waals surface area contributed by atoms with Crippen molar-refractivity contribution in [3.8, 4) is 11.1 Å². The highest BCUT2D eigenvalue weighted by Gasteiger charge is 2.16. The van der Waals surface area contributed by atoms with Gasteiger partial charge in [0.2, 0.25) is 0 Å². The third kappa shape index (κ3) is 4.85. The Labute approximate surface area is 134 Å². The molecule has 0 saturated heterocycles. The van der Waals surface area contributed by atoms with Gasteiger partial charge in [-0.1, -0.05) is 24.3 Å². The first kappa shape index (κ1) is 16.5. The van der Waals surface area contributed by atoms with Gasteiger partial charge in [0.15, 0.2) is 0 Å². The Morgan fingerprint density at radius 3 is 2.22 bits per heavy atom. The first-order chi connectivity index (χ1) is 10.7. The van der Waals surface area contributed by atoms with E-state index in [-0.39, 0.29) is 5.56 Å². The molecule has 0 fully saturated rings. The molecule has 2 N–H and O–H groups in total. The second kappa shape index (κ2) is 6.52. The predicted molar refractivity (Wildman–Crippen MR) is 88.7 cm³/mol. The van der Waals surface area contributed by atoms with Crippen LogP contribution in [0.2, 0.25) is 0 Å². The fourth-order valence-corrected chi connectivity index (χ4v) is 2.00. The summed E-state index contributed by atoms with van der Waals surface area (Å²) in [6, 6.07) is 13.8. The number of amides is 1. The molecule has 0 spiro atoms. The van der Waals surface area contributed by atoms with Crippen molar-refractivity contribution in [2.45, 2.75) is 26.4 Å². The van der Waals surface area contributed by atoms with Crippen LogP contribution in [0.5, 0.6) is 0 Å². The fraction of sp³-hybridized carbons (Fsp3) is 0.222. The zero-order valence-electron chi connectivity index (χ0n) is 13.3. The van der Waals surface area contributed by atoms with E-state index in [4.69, 9.17) is 9.84 Å². The Morgan fingerprint density at radius 1 is 1.00 bits per heavy atom. The van der Waals surface area contributed by atoms with Crippen molar-refractivity contribution in [2.75, 3.05) is 5.32 Å². The summed E-state index contributed by atoms with van der Waals surface area (Å²) in [4.78, 5) is 22.7. The highest BCUT2D eigenvalue weighted by molar-refractivity contribution is 5.89. The van der Waals surface area contributed by atoms with E-state index < -0.39 is 17.7 Å². The van der Waals surface area contributed by atoms with Crippen molar-refractivity contribution in [1.82, 2.24) is 0 Å². The zero-order chi connectivity index (χ0) is 17.0. The van der Waals surface area contributed by atoms with Gasteiger partial charge in [-0.25, -0.2) is 9.59 Å². The monoisotopic (exact) mass is 313 g/mol. The van der Waals surface area contributed by atoms with Gasteiger partial charge in [0.25, 0.3) is 0 Å². The van der Waals surface area contributed by atoms with Gasteiger partial charge in [-0.2, -0.15) is 0 Å². The Balaban J connectivity index is 2.12. The summed E-state index contributed by atoms with van der Waals surface area (Å²) in [5, 5.41) is 11.7.